The SMILES string of the molecule is CCCCCC/C=C/CC(CC)CC. The van der Waals surface area contributed by atoms with E-state index in [0.717, 1.165) is 5.92 Å². The maximum Gasteiger partial charge on any atom is -0.0322 e. The van der Waals surface area contributed by atoms with Gasteiger partial charge in [-0.15, -0.1) is 0 Å². The van der Waals surface area contributed by atoms with Crippen molar-refractivity contribution in [3.05, 3.63) is 12.2 Å². The normalized spacial score (nSPS) is 11.7. The third-order valence-electron chi connectivity index (χ3n) is 3.02. The lowest BCUT2D eigenvalue weighted by Gasteiger charge is -2.07. The predicted molar refractivity (Wildman–Crippen MR) is 66.6 cm³/mol. The summed E-state index contributed by atoms with van der Waals surface area (Å²) in [6.07, 6.45) is 15.6. The Bertz CT molecular complexity index is 120. The molecule has 0 fully saturated rings. The average Bonchev–Trinajstić information content (AvgIpc) is 2.22. The third kappa shape index (κ3) is 8.34. The Hall–Kier alpha value is -0.260. The van der Waals surface area contributed by atoms with Gasteiger partial charge in [-0.3, -0.25) is 0 Å². The molecule has 0 bridgehead atoms. The van der Waals surface area contributed by atoms with Gasteiger partial charge < -0.3 is 0 Å². The second kappa shape index (κ2) is 10.8. The fourth-order valence-electron chi connectivity index (χ4n) is 1.72. The monoisotopic (exact) mass is 196 g/mol. The number of hydrogen-bond donors (Lipinski definition) is 0. The Kier molecular flexibility index (Phi) is 10.6. The van der Waals surface area contributed by atoms with Gasteiger partial charge in [0.25, 0.3) is 0 Å². The van der Waals surface area contributed by atoms with Crippen molar-refractivity contribution < 1.29 is 0 Å². The second-order valence-electron chi connectivity index (χ2n) is 4.24. The van der Waals surface area contributed by atoms with Crippen LogP contribution in [0.2, 0.25) is 0 Å². The Morgan fingerprint density at radius 2 is 1.57 bits per heavy atom. The lowest BCUT2D eigenvalue weighted by atomic mass is 9.99. The van der Waals surface area contributed by atoms with Crippen molar-refractivity contribution in [3.63, 3.8) is 0 Å². The van der Waals surface area contributed by atoms with Gasteiger partial charge in [-0.25, -0.2) is 0 Å². The Morgan fingerprint density at radius 1 is 0.857 bits per heavy atom. The molecular weight excluding hydrogens is 168 g/mol. The minimum absolute atomic E-state index is 0.918. The highest BCUT2D eigenvalue weighted by atomic mass is 14.0. The number of rotatable bonds is 9. The van der Waals surface area contributed by atoms with Crippen molar-refractivity contribution >= 4 is 0 Å². The average molecular weight is 196 g/mol. The summed E-state index contributed by atoms with van der Waals surface area (Å²) in [4.78, 5) is 0. The topological polar surface area (TPSA) is 0 Å². The Labute approximate surface area is 90.8 Å². The van der Waals surface area contributed by atoms with E-state index < -0.39 is 0 Å². The van der Waals surface area contributed by atoms with Crippen LogP contribution in [0.4, 0.5) is 0 Å². The van der Waals surface area contributed by atoms with Crippen LogP contribution in [0.1, 0.15) is 72.1 Å². The van der Waals surface area contributed by atoms with Crippen LogP contribution in [0.15, 0.2) is 12.2 Å². The van der Waals surface area contributed by atoms with Crippen molar-refractivity contribution in [2.24, 2.45) is 5.92 Å². The zero-order chi connectivity index (χ0) is 10.6. The summed E-state index contributed by atoms with van der Waals surface area (Å²) in [5.41, 5.74) is 0. The molecule has 0 nitrogen and oxygen atoms in total. The van der Waals surface area contributed by atoms with Gasteiger partial charge >= 0.3 is 0 Å². The molecule has 0 unspecified atom stereocenters. The van der Waals surface area contributed by atoms with Crippen LogP contribution in [0.25, 0.3) is 0 Å². The molecule has 0 aromatic carbocycles. The summed E-state index contributed by atoms with van der Waals surface area (Å²) in [5.74, 6) is 0.918. The Balaban J connectivity index is 3.25. The van der Waals surface area contributed by atoms with E-state index in [1.54, 1.807) is 0 Å². The lowest BCUT2D eigenvalue weighted by molar-refractivity contribution is 0.499. The summed E-state index contributed by atoms with van der Waals surface area (Å²) in [6.45, 7) is 6.86. The first kappa shape index (κ1) is 13.7. The molecule has 0 aliphatic rings. The predicted octanol–water partition coefficient (Wildman–Crippen LogP) is 5.34. The van der Waals surface area contributed by atoms with Crippen molar-refractivity contribution in [2.75, 3.05) is 0 Å². The zero-order valence-electron chi connectivity index (χ0n) is 10.4. The molecule has 14 heavy (non-hydrogen) atoms. The first-order valence-electron chi connectivity index (χ1n) is 6.50. The molecule has 0 aliphatic heterocycles. The van der Waals surface area contributed by atoms with Crippen molar-refractivity contribution in [1.82, 2.24) is 0 Å². The van der Waals surface area contributed by atoms with Gasteiger partial charge in [0.05, 0.1) is 0 Å². The van der Waals surface area contributed by atoms with Crippen LogP contribution in [0, 0.1) is 5.92 Å². The fourth-order valence-corrected chi connectivity index (χ4v) is 1.72. The molecule has 0 aromatic rings. The maximum atomic E-state index is 2.39. The van der Waals surface area contributed by atoms with E-state index in [2.05, 4.69) is 32.9 Å². The molecule has 0 rings (SSSR count). The van der Waals surface area contributed by atoms with Crippen LogP contribution < -0.4 is 0 Å². The van der Waals surface area contributed by atoms with Crippen LogP contribution in [0.3, 0.4) is 0 Å². The van der Waals surface area contributed by atoms with Crippen molar-refractivity contribution in [1.29, 1.82) is 0 Å². The van der Waals surface area contributed by atoms with Gasteiger partial charge in [0.15, 0.2) is 0 Å². The van der Waals surface area contributed by atoms with Crippen molar-refractivity contribution in [2.45, 2.75) is 72.1 Å². The van der Waals surface area contributed by atoms with E-state index in [0.29, 0.717) is 0 Å². The number of unbranched alkanes of at least 4 members (excludes halogenated alkanes) is 4. The van der Waals surface area contributed by atoms with E-state index in [1.165, 1.54) is 51.4 Å². The highest BCUT2D eigenvalue weighted by Gasteiger charge is 1.98. The molecule has 0 aromatic heterocycles. The third-order valence-corrected chi connectivity index (χ3v) is 3.02. The summed E-state index contributed by atoms with van der Waals surface area (Å²) in [5, 5.41) is 0. The molecular formula is C14H28. The Morgan fingerprint density at radius 3 is 2.14 bits per heavy atom. The summed E-state index contributed by atoms with van der Waals surface area (Å²) < 4.78 is 0. The van der Waals surface area contributed by atoms with E-state index in [-0.39, 0.29) is 0 Å². The van der Waals surface area contributed by atoms with Crippen LogP contribution in [0.5, 0.6) is 0 Å². The highest BCUT2D eigenvalue weighted by molar-refractivity contribution is 4.83. The zero-order valence-corrected chi connectivity index (χ0v) is 10.4. The largest absolute Gasteiger partial charge is 0.0885 e. The van der Waals surface area contributed by atoms with Gasteiger partial charge in [-0.1, -0.05) is 65.0 Å². The highest BCUT2D eigenvalue weighted by Crippen LogP contribution is 2.13. The smallest absolute Gasteiger partial charge is 0.0322 e. The van der Waals surface area contributed by atoms with Crippen LogP contribution in [-0.2, 0) is 0 Å². The minimum Gasteiger partial charge on any atom is -0.0885 e. The molecule has 0 saturated carbocycles. The summed E-state index contributed by atoms with van der Waals surface area (Å²) in [7, 11) is 0. The van der Waals surface area contributed by atoms with Gasteiger partial charge in [0, 0.05) is 0 Å². The molecule has 0 heterocycles. The second-order valence-corrected chi connectivity index (χ2v) is 4.24. The van der Waals surface area contributed by atoms with E-state index in [9.17, 15) is 0 Å². The molecule has 0 amide bonds. The van der Waals surface area contributed by atoms with Gasteiger partial charge in [-0.2, -0.15) is 0 Å². The molecule has 0 spiro atoms. The van der Waals surface area contributed by atoms with E-state index >= 15 is 0 Å². The van der Waals surface area contributed by atoms with Crippen LogP contribution in [-0.4, -0.2) is 0 Å². The maximum absolute atomic E-state index is 2.39. The molecule has 84 valence electrons. The molecule has 0 aliphatic carbocycles. The minimum atomic E-state index is 0.918. The first-order chi connectivity index (χ1) is 6.85. The lowest BCUT2D eigenvalue weighted by Crippen LogP contribution is -1.93. The molecule has 0 saturated heterocycles. The van der Waals surface area contributed by atoms with E-state index in [1.807, 2.05) is 0 Å². The molecule has 0 heteroatoms. The molecule has 0 N–H and O–H groups in total. The first-order valence-corrected chi connectivity index (χ1v) is 6.50. The quantitative estimate of drug-likeness (QED) is 0.345. The molecule has 0 atom stereocenters. The number of hydrogen-bond acceptors (Lipinski definition) is 0. The summed E-state index contributed by atoms with van der Waals surface area (Å²) in [6, 6.07) is 0. The standard InChI is InChI=1S/C14H28/c1-4-7-8-9-10-11-12-13-14(5-2)6-3/h11-12,14H,4-10,13H2,1-3H3/b12-11+. The number of allylic oxidation sites excluding steroid dienone is 2. The fraction of sp³-hybridized carbons (Fsp3) is 0.857. The van der Waals surface area contributed by atoms with E-state index in [4.69, 9.17) is 0 Å². The summed E-state index contributed by atoms with van der Waals surface area (Å²) >= 11 is 0. The van der Waals surface area contributed by atoms with Crippen molar-refractivity contribution in [3.8, 4) is 0 Å². The van der Waals surface area contributed by atoms with Gasteiger partial charge in [0.2, 0.25) is 0 Å². The van der Waals surface area contributed by atoms with Gasteiger partial charge in [0.1, 0.15) is 0 Å². The van der Waals surface area contributed by atoms with Gasteiger partial charge in [-0.05, 0) is 25.2 Å². The molecule has 0 radical (unpaired) electrons. The van der Waals surface area contributed by atoms with Crippen LogP contribution >= 0.6 is 0 Å².